The molecule has 8 nitrogen and oxygen atoms in total. The van der Waals surface area contributed by atoms with Gasteiger partial charge in [-0.2, -0.15) is 8.75 Å². The molecule has 0 unspecified atom stereocenters. The first-order valence-electron chi connectivity index (χ1n) is 8.81. The second-order valence-corrected chi connectivity index (χ2v) is 7.30. The second-order valence-electron chi connectivity index (χ2n) is 6.77. The van der Waals surface area contributed by atoms with Gasteiger partial charge in [-0.05, 0) is 25.1 Å². The van der Waals surface area contributed by atoms with E-state index in [0.29, 0.717) is 18.7 Å². The highest BCUT2D eigenvalue weighted by Gasteiger charge is 2.24. The SMILES string of the molecule is Cc1nc(N(C)C)cc(N2CCN(C(=O)c3ccc4nsnc4c3)CC2)n1. The second kappa shape index (κ2) is 7.07. The van der Waals surface area contributed by atoms with E-state index < -0.39 is 0 Å². The van der Waals surface area contributed by atoms with Crippen LogP contribution in [0.1, 0.15) is 16.2 Å². The Bertz CT molecular complexity index is 979. The van der Waals surface area contributed by atoms with Crippen molar-refractivity contribution in [2.75, 3.05) is 50.1 Å². The summed E-state index contributed by atoms with van der Waals surface area (Å²) in [5.41, 5.74) is 2.27. The molecule has 1 fully saturated rings. The minimum atomic E-state index is 0.0393. The molecular formula is C18H21N7OS. The van der Waals surface area contributed by atoms with Crippen LogP contribution in [0, 0.1) is 6.92 Å². The van der Waals surface area contributed by atoms with Crippen molar-refractivity contribution in [3.63, 3.8) is 0 Å². The Kier molecular flexibility index (Phi) is 4.61. The summed E-state index contributed by atoms with van der Waals surface area (Å²) in [7, 11) is 3.94. The number of amides is 1. The number of hydrogen-bond donors (Lipinski definition) is 0. The van der Waals surface area contributed by atoms with Gasteiger partial charge in [-0.15, -0.1) is 0 Å². The average Bonchev–Trinajstić information content (AvgIpc) is 3.15. The number of fused-ring (bicyclic) bond motifs is 1. The Morgan fingerprint density at radius 1 is 1.04 bits per heavy atom. The first kappa shape index (κ1) is 17.6. The molecule has 1 saturated heterocycles. The standard InChI is InChI=1S/C18H21N7OS/c1-12-19-16(23(2)3)11-17(20-12)24-6-8-25(9-7-24)18(26)13-4-5-14-15(10-13)22-27-21-14/h4-5,10-11H,6-9H2,1-3H3. The zero-order chi connectivity index (χ0) is 19.0. The predicted octanol–water partition coefficient (Wildman–Crippen LogP) is 1.82. The van der Waals surface area contributed by atoms with Crippen LogP contribution in [-0.2, 0) is 0 Å². The van der Waals surface area contributed by atoms with Crippen molar-refractivity contribution in [2.45, 2.75) is 6.92 Å². The van der Waals surface area contributed by atoms with Gasteiger partial charge in [0.1, 0.15) is 28.5 Å². The van der Waals surface area contributed by atoms with Crippen molar-refractivity contribution in [1.82, 2.24) is 23.6 Å². The first-order chi connectivity index (χ1) is 13.0. The first-order valence-corrected chi connectivity index (χ1v) is 9.54. The molecule has 0 saturated carbocycles. The van der Waals surface area contributed by atoms with Crippen LogP contribution >= 0.6 is 11.7 Å². The number of carbonyl (C=O) groups excluding carboxylic acids is 1. The maximum Gasteiger partial charge on any atom is 0.254 e. The molecule has 0 N–H and O–H groups in total. The van der Waals surface area contributed by atoms with E-state index >= 15 is 0 Å². The Labute approximate surface area is 161 Å². The molecule has 3 aromatic rings. The number of aromatic nitrogens is 4. The van der Waals surface area contributed by atoms with Gasteiger partial charge in [0.15, 0.2) is 0 Å². The molecule has 1 amide bonds. The molecule has 0 spiro atoms. The number of nitrogens with zero attached hydrogens (tertiary/aromatic N) is 7. The van der Waals surface area contributed by atoms with Crippen molar-refractivity contribution in [3.8, 4) is 0 Å². The zero-order valence-corrected chi connectivity index (χ0v) is 16.4. The fourth-order valence-electron chi connectivity index (χ4n) is 3.16. The van der Waals surface area contributed by atoms with Crippen LogP contribution in [0.5, 0.6) is 0 Å². The molecule has 140 valence electrons. The summed E-state index contributed by atoms with van der Waals surface area (Å²) < 4.78 is 8.41. The molecule has 9 heteroatoms. The number of rotatable bonds is 3. The third kappa shape index (κ3) is 3.55. The summed E-state index contributed by atoms with van der Waals surface area (Å²) >= 11 is 1.16. The highest BCUT2D eigenvalue weighted by Crippen LogP contribution is 2.20. The van der Waals surface area contributed by atoms with E-state index in [1.807, 2.05) is 55.1 Å². The Morgan fingerprint density at radius 3 is 2.52 bits per heavy atom. The molecule has 2 aromatic heterocycles. The van der Waals surface area contributed by atoms with Crippen molar-refractivity contribution in [3.05, 3.63) is 35.7 Å². The van der Waals surface area contributed by atoms with Gasteiger partial charge < -0.3 is 14.7 Å². The Morgan fingerprint density at radius 2 is 1.78 bits per heavy atom. The van der Waals surface area contributed by atoms with Gasteiger partial charge in [0.05, 0.1) is 11.7 Å². The van der Waals surface area contributed by atoms with E-state index in [-0.39, 0.29) is 5.91 Å². The largest absolute Gasteiger partial charge is 0.363 e. The lowest BCUT2D eigenvalue weighted by atomic mass is 10.1. The van der Waals surface area contributed by atoms with Gasteiger partial charge in [-0.25, -0.2) is 9.97 Å². The van der Waals surface area contributed by atoms with E-state index in [2.05, 4.69) is 23.6 Å². The fraction of sp³-hybridized carbons (Fsp3) is 0.389. The van der Waals surface area contributed by atoms with Gasteiger partial charge in [0.2, 0.25) is 0 Å². The normalized spacial score (nSPS) is 14.6. The van der Waals surface area contributed by atoms with Crippen molar-refractivity contribution < 1.29 is 4.79 Å². The fourth-order valence-corrected chi connectivity index (χ4v) is 3.68. The van der Waals surface area contributed by atoms with Gasteiger partial charge in [0.25, 0.3) is 5.91 Å². The highest BCUT2D eigenvalue weighted by atomic mass is 32.1. The van der Waals surface area contributed by atoms with E-state index in [1.54, 1.807) is 0 Å². The summed E-state index contributed by atoms with van der Waals surface area (Å²) in [6.45, 7) is 4.71. The predicted molar refractivity (Wildman–Crippen MR) is 107 cm³/mol. The van der Waals surface area contributed by atoms with Gasteiger partial charge in [-0.1, -0.05) is 0 Å². The lowest BCUT2D eigenvalue weighted by molar-refractivity contribution is 0.0746. The van der Waals surface area contributed by atoms with E-state index in [1.165, 1.54) is 0 Å². The minimum Gasteiger partial charge on any atom is -0.363 e. The zero-order valence-electron chi connectivity index (χ0n) is 15.6. The Balaban J connectivity index is 1.46. The maximum absolute atomic E-state index is 12.8. The molecule has 0 bridgehead atoms. The number of piperazine rings is 1. The third-order valence-electron chi connectivity index (χ3n) is 4.66. The lowest BCUT2D eigenvalue weighted by Gasteiger charge is -2.35. The third-order valence-corrected chi connectivity index (χ3v) is 5.22. The van der Waals surface area contributed by atoms with Gasteiger partial charge in [-0.3, -0.25) is 4.79 Å². The maximum atomic E-state index is 12.8. The van der Waals surface area contributed by atoms with Crippen LogP contribution in [0.4, 0.5) is 11.6 Å². The van der Waals surface area contributed by atoms with E-state index in [9.17, 15) is 4.79 Å². The molecule has 0 atom stereocenters. The molecular weight excluding hydrogens is 362 g/mol. The molecule has 0 aliphatic carbocycles. The van der Waals surface area contributed by atoms with Crippen LogP contribution in [0.3, 0.4) is 0 Å². The van der Waals surface area contributed by atoms with Crippen molar-refractivity contribution >= 4 is 40.3 Å². The number of aryl methyl sites for hydroxylation is 1. The van der Waals surface area contributed by atoms with Crippen molar-refractivity contribution in [2.24, 2.45) is 0 Å². The number of hydrogen-bond acceptors (Lipinski definition) is 8. The summed E-state index contributed by atoms with van der Waals surface area (Å²) in [5, 5.41) is 0. The summed E-state index contributed by atoms with van der Waals surface area (Å²) in [6.07, 6.45) is 0. The summed E-state index contributed by atoms with van der Waals surface area (Å²) in [4.78, 5) is 27.9. The minimum absolute atomic E-state index is 0.0393. The molecule has 1 aliphatic rings. The highest BCUT2D eigenvalue weighted by molar-refractivity contribution is 7.00. The molecule has 0 radical (unpaired) electrons. The van der Waals surface area contributed by atoms with Crippen LogP contribution in [0.2, 0.25) is 0 Å². The molecule has 27 heavy (non-hydrogen) atoms. The van der Waals surface area contributed by atoms with Crippen LogP contribution < -0.4 is 9.80 Å². The summed E-state index contributed by atoms with van der Waals surface area (Å²) in [6, 6.07) is 7.50. The number of anilines is 2. The van der Waals surface area contributed by atoms with Crippen molar-refractivity contribution in [1.29, 1.82) is 0 Å². The van der Waals surface area contributed by atoms with Gasteiger partial charge >= 0.3 is 0 Å². The Hall–Kier alpha value is -2.81. The molecule has 1 aliphatic heterocycles. The number of benzene rings is 1. The van der Waals surface area contributed by atoms with E-state index in [0.717, 1.165) is 53.3 Å². The van der Waals surface area contributed by atoms with Crippen LogP contribution in [-0.4, -0.2) is 69.8 Å². The average molecular weight is 383 g/mol. The quantitative estimate of drug-likeness (QED) is 0.683. The lowest BCUT2D eigenvalue weighted by Crippen LogP contribution is -2.49. The summed E-state index contributed by atoms with van der Waals surface area (Å²) in [5.74, 6) is 2.59. The van der Waals surface area contributed by atoms with E-state index in [4.69, 9.17) is 0 Å². The van der Waals surface area contributed by atoms with Crippen LogP contribution in [0.25, 0.3) is 11.0 Å². The number of carbonyl (C=O) groups is 1. The monoisotopic (exact) mass is 383 g/mol. The molecule has 4 rings (SSSR count). The van der Waals surface area contributed by atoms with Crippen LogP contribution in [0.15, 0.2) is 24.3 Å². The topological polar surface area (TPSA) is 78.4 Å². The smallest absolute Gasteiger partial charge is 0.254 e. The molecule has 1 aromatic carbocycles. The van der Waals surface area contributed by atoms with Gasteiger partial charge in [0, 0.05) is 51.9 Å². The molecule has 3 heterocycles.